The van der Waals surface area contributed by atoms with Gasteiger partial charge in [-0.2, -0.15) is 0 Å². The lowest BCUT2D eigenvalue weighted by atomic mass is 9.87. The third kappa shape index (κ3) is 5.68. The summed E-state index contributed by atoms with van der Waals surface area (Å²) in [5.74, 6) is 0.00671. The van der Waals surface area contributed by atoms with Gasteiger partial charge in [0.2, 0.25) is 5.91 Å². The molecule has 5 nitrogen and oxygen atoms in total. The minimum Gasteiger partial charge on any atom is -0.383 e. The third-order valence-electron chi connectivity index (χ3n) is 4.66. The number of carbonyl (C=O) groups is 1. The van der Waals surface area contributed by atoms with E-state index in [1.807, 2.05) is 12.1 Å². The number of sulfone groups is 1. The van der Waals surface area contributed by atoms with Crippen molar-refractivity contribution in [2.75, 3.05) is 31.8 Å². The first-order chi connectivity index (χ1) is 12.1. The van der Waals surface area contributed by atoms with Gasteiger partial charge in [-0.05, 0) is 29.0 Å². The summed E-state index contributed by atoms with van der Waals surface area (Å²) >= 11 is 0. The standard InChI is InChI=1S/C20H29NO4S/c1-20(2,3)17-8-5-16(6-9-17)7-10-19(22)21(12-13-25-4)18-11-14-26(23,24)15-18/h5-10,18H,11-15H2,1-4H3. The lowest BCUT2D eigenvalue weighted by molar-refractivity contribution is -0.128. The van der Waals surface area contributed by atoms with Crippen molar-refractivity contribution in [3.8, 4) is 0 Å². The van der Waals surface area contributed by atoms with Crippen molar-refractivity contribution in [3.05, 3.63) is 41.5 Å². The molecule has 2 rings (SSSR count). The number of amides is 1. The molecule has 1 aliphatic heterocycles. The van der Waals surface area contributed by atoms with Crippen LogP contribution >= 0.6 is 0 Å². The highest BCUT2D eigenvalue weighted by Crippen LogP contribution is 2.23. The Labute approximate surface area is 157 Å². The normalized spacial score (nSPS) is 19.8. The van der Waals surface area contributed by atoms with Crippen LogP contribution in [0.4, 0.5) is 0 Å². The quantitative estimate of drug-likeness (QED) is 0.713. The molecule has 144 valence electrons. The Kier molecular flexibility index (Phi) is 6.64. The molecule has 1 heterocycles. The fraction of sp³-hybridized carbons (Fsp3) is 0.550. The van der Waals surface area contributed by atoms with Gasteiger partial charge in [0.25, 0.3) is 0 Å². The molecule has 0 aliphatic carbocycles. The highest BCUT2D eigenvalue weighted by atomic mass is 32.2. The monoisotopic (exact) mass is 379 g/mol. The van der Waals surface area contributed by atoms with Crippen molar-refractivity contribution < 1.29 is 17.9 Å². The molecule has 1 amide bonds. The molecule has 26 heavy (non-hydrogen) atoms. The molecule has 1 saturated heterocycles. The molecule has 0 saturated carbocycles. The largest absolute Gasteiger partial charge is 0.383 e. The van der Waals surface area contributed by atoms with E-state index in [0.29, 0.717) is 19.6 Å². The van der Waals surface area contributed by atoms with Crippen LogP contribution in [0.1, 0.15) is 38.3 Å². The van der Waals surface area contributed by atoms with E-state index in [4.69, 9.17) is 4.74 Å². The van der Waals surface area contributed by atoms with Crippen LogP contribution < -0.4 is 0 Å². The van der Waals surface area contributed by atoms with Crippen LogP contribution in [-0.2, 0) is 24.8 Å². The Morgan fingerprint density at radius 2 is 1.92 bits per heavy atom. The molecule has 1 aromatic rings. The Morgan fingerprint density at radius 3 is 2.42 bits per heavy atom. The molecule has 1 fully saturated rings. The predicted molar refractivity (Wildman–Crippen MR) is 105 cm³/mol. The first kappa shape index (κ1) is 20.6. The summed E-state index contributed by atoms with van der Waals surface area (Å²) in [6, 6.07) is 7.84. The number of benzene rings is 1. The minimum absolute atomic E-state index is 0.0383. The summed E-state index contributed by atoms with van der Waals surface area (Å²) in [5.41, 5.74) is 2.26. The Balaban J connectivity index is 2.09. The molecule has 0 radical (unpaired) electrons. The first-order valence-corrected chi connectivity index (χ1v) is 10.7. The smallest absolute Gasteiger partial charge is 0.246 e. The van der Waals surface area contributed by atoms with Gasteiger partial charge < -0.3 is 9.64 Å². The zero-order valence-corrected chi connectivity index (χ0v) is 16.9. The lowest BCUT2D eigenvalue weighted by Gasteiger charge is -2.26. The fourth-order valence-electron chi connectivity index (χ4n) is 3.04. The summed E-state index contributed by atoms with van der Waals surface area (Å²) < 4.78 is 28.6. The summed E-state index contributed by atoms with van der Waals surface area (Å²) in [7, 11) is -1.47. The van der Waals surface area contributed by atoms with Crippen LogP contribution in [0.3, 0.4) is 0 Å². The van der Waals surface area contributed by atoms with Crippen molar-refractivity contribution in [2.24, 2.45) is 0 Å². The lowest BCUT2D eigenvalue weighted by Crippen LogP contribution is -2.42. The summed E-state index contributed by atoms with van der Waals surface area (Å²) in [4.78, 5) is 14.3. The van der Waals surface area contributed by atoms with E-state index in [0.717, 1.165) is 5.56 Å². The molecule has 0 spiro atoms. The molecule has 0 N–H and O–H groups in total. The van der Waals surface area contributed by atoms with E-state index < -0.39 is 9.84 Å². The van der Waals surface area contributed by atoms with Gasteiger partial charge in [-0.25, -0.2) is 8.42 Å². The van der Waals surface area contributed by atoms with Crippen molar-refractivity contribution in [1.29, 1.82) is 0 Å². The number of ether oxygens (including phenoxy) is 1. The number of hydrogen-bond donors (Lipinski definition) is 0. The van der Waals surface area contributed by atoms with Gasteiger partial charge in [0, 0.05) is 25.8 Å². The molecule has 1 aliphatic rings. The first-order valence-electron chi connectivity index (χ1n) is 8.91. The average Bonchev–Trinajstić information content (AvgIpc) is 2.92. The SMILES string of the molecule is COCCN(C(=O)C=Cc1ccc(C(C)(C)C)cc1)C1CCS(=O)(=O)C1. The van der Waals surface area contributed by atoms with Crippen LogP contribution in [-0.4, -0.2) is 57.0 Å². The molecular weight excluding hydrogens is 350 g/mol. The van der Waals surface area contributed by atoms with E-state index >= 15 is 0 Å². The molecule has 1 atom stereocenters. The van der Waals surface area contributed by atoms with Gasteiger partial charge >= 0.3 is 0 Å². The zero-order valence-electron chi connectivity index (χ0n) is 16.1. The maximum atomic E-state index is 12.6. The minimum atomic E-state index is -3.04. The van der Waals surface area contributed by atoms with E-state index in [2.05, 4.69) is 32.9 Å². The van der Waals surface area contributed by atoms with E-state index in [1.165, 1.54) is 11.6 Å². The van der Waals surface area contributed by atoms with Gasteiger partial charge in [-0.15, -0.1) is 0 Å². The van der Waals surface area contributed by atoms with E-state index in [-0.39, 0.29) is 28.9 Å². The van der Waals surface area contributed by atoms with Crippen molar-refractivity contribution >= 4 is 21.8 Å². The molecular formula is C20H29NO4S. The second-order valence-corrected chi connectivity index (χ2v) is 10.0. The Hall–Kier alpha value is -1.66. The van der Waals surface area contributed by atoms with Gasteiger partial charge in [-0.3, -0.25) is 4.79 Å². The van der Waals surface area contributed by atoms with Gasteiger partial charge in [0.1, 0.15) is 0 Å². The van der Waals surface area contributed by atoms with E-state index in [9.17, 15) is 13.2 Å². The number of methoxy groups -OCH3 is 1. The van der Waals surface area contributed by atoms with Crippen LogP contribution in [0, 0.1) is 0 Å². The van der Waals surface area contributed by atoms with Gasteiger partial charge in [-0.1, -0.05) is 45.0 Å². The highest BCUT2D eigenvalue weighted by Gasteiger charge is 2.33. The summed E-state index contributed by atoms with van der Waals surface area (Å²) in [5, 5.41) is 0. The van der Waals surface area contributed by atoms with Crippen LogP contribution in [0.5, 0.6) is 0 Å². The molecule has 1 unspecified atom stereocenters. The van der Waals surface area contributed by atoms with Gasteiger partial charge in [0.05, 0.1) is 18.1 Å². The summed E-state index contributed by atoms with van der Waals surface area (Å²) in [6.07, 6.45) is 3.79. The van der Waals surface area contributed by atoms with Crippen LogP contribution in [0.2, 0.25) is 0 Å². The number of rotatable bonds is 6. The third-order valence-corrected chi connectivity index (χ3v) is 6.41. The highest BCUT2D eigenvalue weighted by molar-refractivity contribution is 7.91. The molecule has 0 bridgehead atoms. The second-order valence-electron chi connectivity index (χ2n) is 7.79. The maximum Gasteiger partial charge on any atom is 0.246 e. The van der Waals surface area contributed by atoms with Crippen LogP contribution in [0.25, 0.3) is 6.08 Å². The van der Waals surface area contributed by atoms with Crippen molar-refractivity contribution in [2.45, 2.75) is 38.6 Å². The predicted octanol–water partition coefficient (Wildman–Crippen LogP) is 2.66. The summed E-state index contributed by atoms with van der Waals surface area (Å²) in [6.45, 7) is 7.25. The Bertz CT molecular complexity index is 745. The maximum absolute atomic E-state index is 12.6. The average molecular weight is 380 g/mol. The zero-order chi connectivity index (χ0) is 19.4. The van der Waals surface area contributed by atoms with E-state index in [1.54, 1.807) is 18.1 Å². The molecule has 0 aromatic heterocycles. The van der Waals surface area contributed by atoms with Gasteiger partial charge in [0.15, 0.2) is 9.84 Å². The van der Waals surface area contributed by atoms with Crippen LogP contribution in [0.15, 0.2) is 30.3 Å². The number of carbonyl (C=O) groups excluding carboxylic acids is 1. The number of hydrogen-bond acceptors (Lipinski definition) is 4. The molecule has 6 heteroatoms. The van der Waals surface area contributed by atoms with Crippen molar-refractivity contribution in [3.63, 3.8) is 0 Å². The molecule has 1 aromatic carbocycles. The Morgan fingerprint density at radius 1 is 1.27 bits per heavy atom. The van der Waals surface area contributed by atoms with Crippen molar-refractivity contribution in [1.82, 2.24) is 4.90 Å². The number of nitrogens with zero attached hydrogens (tertiary/aromatic N) is 1. The fourth-order valence-corrected chi connectivity index (χ4v) is 4.77. The topological polar surface area (TPSA) is 63.7 Å². The second kappa shape index (κ2) is 8.35.